The molecule has 0 unspecified atom stereocenters. The lowest BCUT2D eigenvalue weighted by Crippen LogP contribution is -2.08. The highest BCUT2D eigenvalue weighted by molar-refractivity contribution is 5.70. The molecule has 0 atom stereocenters. The van der Waals surface area contributed by atoms with Crippen LogP contribution < -0.4 is 0 Å². The Morgan fingerprint density at radius 3 is 2.28 bits per heavy atom. The van der Waals surface area contributed by atoms with E-state index in [1.165, 1.54) is 30.9 Å². The van der Waals surface area contributed by atoms with Gasteiger partial charge in [0.15, 0.2) is 0 Å². The number of benzene rings is 2. The van der Waals surface area contributed by atoms with Crippen molar-refractivity contribution in [3.8, 4) is 16.9 Å². The van der Waals surface area contributed by atoms with E-state index < -0.39 is 5.82 Å². The van der Waals surface area contributed by atoms with Crippen molar-refractivity contribution in [1.29, 1.82) is 0 Å². The molecule has 0 amide bonds. The fraction of sp³-hybridized carbons (Fsp3) is 0.250. The summed E-state index contributed by atoms with van der Waals surface area (Å²) in [6.45, 7) is 0. The fourth-order valence-corrected chi connectivity index (χ4v) is 2.43. The second-order valence-corrected chi connectivity index (χ2v) is 4.91. The quantitative estimate of drug-likeness (QED) is 0.824. The number of aromatic hydroxyl groups is 1. The van der Waals surface area contributed by atoms with Crippen LogP contribution in [0, 0.1) is 5.82 Å². The van der Waals surface area contributed by atoms with E-state index in [0.29, 0.717) is 11.5 Å². The van der Waals surface area contributed by atoms with Crippen molar-refractivity contribution >= 4 is 0 Å². The van der Waals surface area contributed by atoms with Crippen molar-refractivity contribution in [3.05, 3.63) is 53.8 Å². The molecule has 1 saturated carbocycles. The third-order valence-corrected chi connectivity index (χ3v) is 3.76. The van der Waals surface area contributed by atoms with Gasteiger partial charge in [0.2, 0.25) is 0 Å². The zero-order valence-corrected chi connectivity index (χ0v) is 10.1. The van der Waals surface area contributed by atoms with Crippen LogP contribution in [0.15, 0.2) is 42.5 Å². The van der Waals surface area contributed by atoms with Gasteiger partial charge in [0, 0.05) is 11.6 Å². The summed E-state index contributed by atoms with van der Waals surface area (Å²) in [5, 5.41) is 9.74. The number of phenolic OH excluding ortho intramolecular Hbond substituents is 1. The van der Waals surface area contributed by atoms with Crippen molar-refractivity contribution in [3.63, 3.8) is 0 Å². The molecular weight excluding hydrogens is 227 g/mol. The lowest BCUT2D eigenvalue weighted by Gasteiger charge is -2.25. The van der Waals surface area contributed by atoms with Gasteiger partial charge in [-0.25, -0.2) is 4.39 Å². The molecule has 0 aliphatic heterocycles. The summed E-state index contributed by atoms with van der Waals surface area (Å²) in [5.41, 5.74) is 2.97. The number of hydrogen-bond acceptors (Lipinski definition) is 1. The summed E-state index contributed by atoms with van der Waals surface area (Å²) in [6, 6.07) is 12.4. The molecule has 0 saturated heterocycles. The molecule has 1 N–H and O–H groups in total. The Hall–Kier alpha value is -1.83. The van der Waals surface area contributed by atoms with Crippen molar-refractivity contribution in [2.75, 3.05) is 0 Å². The molecule has 0 spiro atoms. The molecule has 1 aliphatic carbocycles. The van der Waals surface area contributed by atoms with Gasteiger partial charge in [-0.3, -0.25) is 0 Å². The Balaban J connectivity index is 1.91. The summed E-state index contributed by atoms with van der Waals surface area (Å²) in [5.74, 6) is 0.287. The smallest absolute Gasteiger partial charge is 0.126 e. The summed E-state index contributed by atoms with van der Waals surface area (Å²) in [6.07, 6.45) is 3.88. The van der Waals surface area contributed by atoms with E-state index in [4.69, 9.17) is 0 Å². The van der Waals surface area contributed by atoms with E-state index in [0.717, 1.165) is 11.6 Å². The molecule has 0 radical (unpaired) electrons. The fourth-order valence-electron chi connectivity index (χ4n) is 2.43. The first-order chi connectivity index (χ1) is 8.74. The van der Waals surface area contributed by atoms with Crippen LogP contribution in [0.2, 0.25) is 0 Å². The first-order valence-corrected chi connectivity index (χ1v) is 6.33. The van der Waals surface area contributed by atoms with Gasteiger partial charge in [-0.05, 0) is 42.0 Å². The van der Waals surface area contributed by atoms with Gasteiger partial charge in [-0.1, -0.05) is 30.7 Å². The molecule has 92 valence electrons. The van der Waals surface area contributed by atoms with Gasteiger partial charge in [0.05, 0.1) is 0 Å². The SMILES string of the molecule is Oc1cc(F)ccc1-c1ccc(C2CCC2)cc1. The molecule has 18 heavy (non-hydrogen) atoms. The number of phenols is 1. The van der Waals surface area contributed by atoms with Crippen LogP contribution in [0.25, 0.3) is 11.1 Å². The molecule has 2 heteroatoms. The molecular formula is C16H15FO. The van der Waals surface area contributed by atoms with Gasteiger partial charge >= 0.3 is 0 Å². The monoisotopic (exact) mass is 242 g/mol. The third kappa shape index (κ3) is 1.99. The van der Waals surface area contributed by atoms with Gasteiger partial charge in [0.1, 0.15) is 11.6 Å². The van der Waals surface area contributed by atoms with Crippen molar-refractivity contribution in [2.45, 2.75) is 25.2 Å². The average Bonchev–Trinajstić information content (AvgIpc) is 2.28. The predicted octanol–water partition coefficient (Wildman–Crippen LogP) is 4.47. The number of hydrogen-bond donors (Lipinski definition) is 1. The Morgan fingerprint density at radius 2 is 1.72 bits per heavy atom. The van der Waals surface area contributed by atoms with Gasteiger partial charge in [-0.2, -0.15) is 0 Å². The van der Waals surface area contributed by atoms with Crippen LogP contribution in [0.5, 0.6) is 5.75 Å². The average molecular weight is 242 g/mol. The van der Waals surface area contributed by atoms with Crippen LogP contribution in [-0.2, 0) is 0 Å². The van der Waals surface area contributed by atoms with Crippen LogP contribution in [0.4, 0.5) is 4.39 Å². The van der Waals surface area contributed by atoms with E-state index in [9.17, 15) is 9.50 Å². The highest BCUT2D eigenvalue weighted by Crippen LogP contribution is 2.37. The van der Waals surface area contributed by atoms with E-state index in [2.05, 4.69) is 12.1 Å². The maximum absolute atomic E-state index is 12.9. The minimum absolute atomic E-state index is 0.00797. The molecule has 1 fully saturated rings. The van der Waals surface area contributed by atoms with Gasteiger partial charge in [-0.15, -0.1) is 0 Å². The van der Waals surface area contributed by atoms with Crippen molar-refractivity contribution in [2.24, 2.45) is 0 Å². The zero-order chi connectivity index (χ0) is 12.5. The number of rotatable bonds is 2. The predicted molar refractivity (Wildman–Crippen MR) is 70.1 cm³/mol. The minimum atomic E-state index is -0.415. The minimum Gasteiger partial charge on any atom is -0.507 e. The Labute approximate surface area is 106 Å². The zero-order valence-electron chi connectivity index (χ0n) is 10.1. The van der Waals surface area contributed by atoms with E-state index in [1.807, 2.05) is 12.1 Å². The Kier molecular flexibility index (Phi) is 2.78. The maximum Gasteiger partial charge on any atom is 0.126 e. The highest BCUT2D eigenvalue weighted by Gasteiger charge is 2.19. The van der Waals surface area contributed by atoms with Crippen LogP contribution in [-0.4, -0.2) is 5.11 Å². The Morgan fingerprint density at radius 1 is 1.00 bits per heavy atom. The molecule has 0 bridgehead atoms. The van der Waals surface area contributed by atoms with E-state index in [-0.39, 0.29) is 5.75 Å². The van der Waals surface area contributed by atoms with Crippen molar-refractivity contribution in [1.82, 2.24) is 0 Å². The molecule has 0 aromatic heterocycles. The summed E-state index contributed by atoms with van der Waals surface area (Å²) < 4.78 is 12.9. The third-order valence-electron chi connectivity index (χ3n) is 3.76. The number of halogens is 1. The second-order valence-electron chi connectivity index (χ2n) is 4.91. The first kappa shape index (κ1) is 11.3. The van der Waals surface area contributed by atoms with Gasteiger partial charge < -0.3 is 5.11 Å². The highest BCUT2D eigenvalue weighted by atomic mass is 19.1. The summed E-state index contributed by atoms with van der Waals surface area (Å²) in [4.78, 5) is 0. The molecule has 3 rings (SSSR count). The molecule has 0 heterocycles. The molecule has 1 nitrogen and oxygen atoms in total. The molecule has 2 aromatic rings. The molecule has 2 aromatic carbocycles. The summed E-state index contributed by atoms with van der Waals surface area (Å²) >= 11 is 0. The topological polar surface area (TPSA) is 20.2 Å². The second kappa shape index (κ2) is 4.45. The van der Waals surface area contributed by atoms with E-state index in [1.54, 1.807) is 6.07 Å². The van der Waals surface area contributed by atoms with E-state index >= 15 is 0 Å². The largest absolute Gasteiger partial charge is 0.507 e. The first-order valence-electron chi connectivity index (χ1n) is 6.33. The maximum atomic E-state index is 12.9. The lowest BCUT2D eigenvalue weighted by atomic mass is 9.80. The normalized spacial score (nSPS) is 15.4. The van der Waals surface area contributed by atoms with Crippen LogP contribution in [0.1, 0.15) is 30.7 Å². The van der Waals surface area contributed by atoms with Crippen LogP contribution >= 0.6 is 0 Å². The summed E-state index contributed by atoms with van der Waals surface area (Å²) in [7, 11) is 0. The van der Waals surface area contributed by atoms with Gasteiger partial charge in [0.25, 0.3) is 0 Å². The Bertz CT molecular complexity index is 556. The van der Waals surface area contributed by atoms with Crippen molar-refractivity contribution < 1.29 is 9.50 Å². The standard InChI is InChI=1S/C16H15FO/c17-14-8-9-15(16(18)10-14)13-6-4-12(5-7-13)11-2-1-3-11/h4-11,18H,1-3H2. The lowest BCUT2D eigenvalue weighted by molar-refractivity contribution is 0.420. The molecule has 1 aliphatic rings. The van der Waals surface area contributed by atoms with Crippen LogP contribution in [0.3, 0.4) is 0 Å².